The van der Waals surface area contributed by atoms with Gasteiger partial charge >= 0.3 is 0 Å². The van der Waals surface area contributed by atoms with Gasteiger partial charge in [0.1, 0.15) is 5.56 Å². The Labute approximate surface area is 286 Å². The number of aromatic nitrogens is 4. The summed E-state index contributed by atoms with van der Waals surface area (Å²) in [5.74, 6) is 0.750. The van der Waals surface area contributed by atoms with Crippen LogP contribution in [0.3, 0.4) is 0 Å². The number of nitrogens with one attached hydrogen (secondary N) is 3. The molecule has 12 nitrogen and oxygen atoms in total. The largest absolute Gasteiger partial charge is 0.369 e. The van der Waals surface area contributed by atoms with Crippen LogP contribution in [0.15, 0.2) is 67.0 Å². The molecule has 0 bridgehead atoms. The van der Waals surface area contributed by atoms with Crippen molar-refractivity contribution < 1.29 is 9.59 Å². The third-order valence-electron chi connectivity index (χ3n) is 9.74. The minimum Gasteiger partial charge on any atom is -0.369 e. The van der Waals surface area contributed by atoms with Gasteiger partial charge in [0, 0.05) is 35.0 Å². The molecule has 49 heavy (non-hydrogen) atoms. The first-order chi connectivity index (χ1) is 23.9. The molecule has 0 radical (unpaired) electrons. The van der Waals surface area contributed by atoms with E-state index in [1.54, 1.807) is 23.0 Å². The number of nitriles is 2. The van der Waals surface area contributed by atoms with Gasteiger partial charge in [-0.1, -0.05) is 49.9 Å². The van der Waals surface area contributed by atoms with E-state index >= 15 is 0 Å². The number of nitrogens with two attached hydrogens (primary N) is 1. The van der Waals surface area contributed by atoms with Gasteiger partial charge in [-0.3, -0.25) is 19.0 Å². The van der Waals surface area contributed by atoms with E-state index in [1.807, 2.05) is 53.3 Å². The molecular formula is C37H42N10O2. The van der Waals surface area contributed by atoms with E-state index in [-0.39, 0.29) is 24.4 Å². The van der Waals surface area contributed by atoms with E-state index in [0.717, 1.165) is 57.1 Å². The van der Waals surface area contributed by atoms with Gasteiger partial charge in [0.25, 0.3) is 5.91 Å². The summed E-state index contributed by atoms with van der Waals surface area (Å²) in [5.41, 5.74) is 8.58. The zero-order valence-electron chi connectivity index (χ0n) is 27.5. The molecule has 0 aliphatic heterocycles. The van der Waals surface area contributed by atoms with Crippen molar-refractivity contribution in [3.63, 3.8) is 0 Å². The van der Waals surface area contributed by atoms with Crippen molar-refractivity contribution in [1.29, 1.82) is 10.5 Å². The Hall–Kier alpha value is -5.62. The highest BCUT2D eigenvalue weighted by atomic mass is 16.2. The molecule has 6 rings (SSSR count). The maximum absolute atomic E-state index is 13.9. The minimum atomic E-state index is -0.480. The fraction of sp³-hybridized carbons (Fsp3) is 0.405. The second-order valence-electron chi connectivity index (χ2n) is 13.1. The first-order valence-corrected chi connectivity index (χ1v) is 17.1. The van der Waals surface area contributed by atoms with Gasteiger partial charge in [-0.2, -0.15) is 20.7 Å². The second-order valence-corrected chi connectivity index (χ2v) is 13.1. The van der Waals surface area contributed by atoms with Crippen LogP contribution in [0.25, 0.3) is 0 Å². The molecule has 0 saturated heterocycles. The Morgan fingerprint density at radius 3 is 1.94 bits per heavy atom. The summed E-state index contributed by atoms with van der Waals surface area (Å²) >= 11 is 0. The Bertz CT molecular complexity index is 1840. The summed E-state index contributed by atoms with van der Waals surface area (Å²) in [4.78, 5) is 25.8. The van der Waals surface area contributed by atoms with Crippen LogP contribution < -0.4 is 21.7 Å². The van der Waals surface area contributed by atoms with Gasteiger partial charge in [0.05, 0.1) is 43.5 Å². The van der Waals surface area contributed by atoms with E-state index in [2.05, 4.69) is 28.1 Å². The van der Waals surface area contributed by atoms with Crippen LogP contribution in [0.4, 0.5) is 28.7 Å². The van der Waals surface area contributed by atoms with Gasteiger partial charge in [-0.25, -0.2) is 0 Å². The average molecular weight is 659 g/mol. The van der Waals surface area contributed by atoms with Crippen LogP contribution in [-0.2, 0) is 11.2 Å². The number of carbonyl (C=O) groups excluding carboxylic acids is 2. The maximum Gasteiger partial charge on any atom is 0.261 e. The number of benzene rings is 2. The molecule has 2 aromatic heterocycles. The molecule has 4 aromatic rings. The second kappa shape index (κ2) is 15.5. The van der Waals surface area contributed by atoms with Gasteiger partial charge in [-0.15, -0.1) is 0 Å². The monoisotopic (exact) mass is 658 g/mol. The Kier molecular flexibility index (Phi) is 10.5. The molecule has 2 aliphatic carbocycles. The number of hydrogen-bond donors (Lipinski definition) is 4. The molecule has 2 heterocycles. The summed E-state index contributed by atoms with van der Waals surface area (Å²) in [6.07, 6.45) is 12.9. The number of anilines is 5. The van der Waals surface area contributed by atoms with E-state index in [4.69, 9.17) is 15.9 Å². The van der Waals surface area contributed by atoms with Crippen LogP contribution in [0.5, 0.6) is 0 Å². The number of primary amides is 1. The van der Waals surface area contributed by atoms with E-state index < -0.39 is 5.91 Å². The SMILES string of the molecule is N#CCC(C1CCCC1)n1cc(CC(N)=O)c(Nc2cccc(NC(=O)c3cn(C(CC#N)C4CCCC4)nc3Nc3ccccc3)c2)n1. The molecule has 2 fully saturated rings. The zero-order valence-corrected chi connectivity index (χ0v) is 27.5. The van der Waals surface area contributed by atoms with E-state index in [9.17, 15) is 20.1 Å². The summed E-state index contributed by atoms with van der Waals surface area (Å²) in [5, 5.41) is 38.4. The van der Waals surface area contributed by atoms with E-state index in [1.165, 1.54) is 0 Å². The van der Waals surface area contributed by atoms with Crippen molar-refractivity contribution in [1.82, 2.24) is 19.6 Å². The Morgan fingerprint density at radius 1 is 0.776 bits per heavy atom. The molecule has 2 aliphatic rings. The van der Waals surface area contributed by atoms with Crippen LogP contribution in [0.2, 0.25) is 0 Å². The topological polar surface area (TPSA) is 179 Å². The van der Waals surface area contributed by atoms with Crippen LogP contribution in [0.1, 0.15) is 92.2 Å². The van der Waals surface area contributed by atoms with Crippen molar-refractivity contribution in [3.8, 4) is 12.1 Å². The molecule has 2 amide bonds. The molecule has 12 heteroatoms. The highest BCUT2D eigenvalue weighted by Gasteiger charge is 2.30. The van der Waals surface area contributed by atoms with Crippen LogP contribution in [-0.4, -0.2) is 31.4 Å². The number of carbonyl (C=O) groups is 2. The third-order valence-corrected chi connectivity index (χ3v) is 9.74. The molecule has 2 unspecified atom stereocenters. The lowest BCUT2D eigenvalue weighted by Crippen LogP contribution is -2.18. The Balaban J connectivity index is 1.25. The minimum absolute atomic E-state index is 0.00245. The van der Waals surface area contributed by atoms with Gasteiger partial charge in [-0.05, 0) is 67.9 Å². The predicted octanol–water partition coefficient (Wildman–Crippen LogP) is 7.14. The predicted molar refractivity (Wildman–Crippen MR) is 187 cm³/mol. The lowest BCUT2D eigenvalue weighted by molar-refractivity contribution is -0.117. The lowest BCUT2D eigenvalue weighted by Gasteiger charge is -2.21. The summed E-state index contributed by atoms with van der Waals surface area (Å²) in [6, 6.07) is 21.2. The first-order valence-electron chi connectivity index (χ1n) is 17.1. The fourth-order valence-electron chi connectivity index (χ4n) is 7.33. The zero-order chi connectivity index (χ0) is 34.2. The van der Waals surface area contributed by atoms with Gasteiger partial charge in [0.15, 0.2) is 11.6 Å². The summed E-state index contributed by atoms with van der Waals surface area (Å²) < 4.78 is 3.61. The molecule has 5 N–H and O–H groups in total. The maximum atomic E-state index is 13.9. The first kappa shape index (κ1) is 33.3. The number of nitrogens with zero attached hydrogens (tertiary/aromatic N) is 6. The molecular weight excluding hydrogens is 616 g/mol. The number of hydrogen-bond acceptors (Lipinski definition) is 8. The molecule has 2 saturated carbocycles. The van der Waals surface area contributed by atoms with Crippen molar-refractivity contribution in [2.45, 2.75) is 82.7 Å². The Morgan fingerprint density at radius 2 is 1.33 bits per heavy atom. The smallest absolute Gasteiger partial charge is 0.261 e. The van der Waals surface area contributed by atoms with Crippen molar-refractivity contribution >= 4 is 40.5 Å². The average Bonchev–Trinajstić information content (AvgIpc) is 3.92. The van der Waals surface area contributed by atoms with Crippen LogP contribution in [0, 0.1) is 34.5 Å². The van der Waals surface area contributed by atoms with Gasteiger partial charge < -0.3 is 21.7 Å². The fourth-order valence-corrected chi connectivity index (χ4v) is 7.33. The third kappa shape index (κ3) is 8.10. The number of rotatable bonds is 14. The van der Waals surface area contributed by atoms with Crippen molar-refractivity contribution in [3.05, 3.63) is 78.1 Å². The van der Waals surface area contributed by atoms with Crippen molar-refractivity contribution in [2.75, 3.05) is 16.0 Å². The molecule has 2 aromatic carbocycles. The molecule has 0 spiro atoms. The highest BCUT2D eigenvalue weighted by molar-refractivity contribution is 6.08. The quantitative estimate of drug-likeness (QED) is 0.110. The van der Waals surface area contributed by atoms with Crippen molar-refractivity contribution in [2.24, 2.45) is 17.6 Å². The summed E-state index contributed by atoms with van der Waals surface area (Å²) in [7, 11) is 0. The van der Waals surface area contributed by atoms with Gasteiger partial charge in [0.2, 0.25) is 5.91 Å². The molecule has 2 atom stereocenters. The summed E-state index contributed by atoms with van der Waals surface area (Å²) in [6.45, 7) is 0. The number of para-hydroxylation sites is 1. The standard InChI is InChI=1S/C37H42N10O2/c38-19-17-32(25-9-4-5-10-25)46-23-27(21-34(40)48)35(44-46)42-29-15-8-16-30(22-29)43-37(49)31-24-47(33(18-20-39)26-11-6-7-12-26)45-36(31)41-28-13-2-1-3-14-28/h1-3,8,13-16,22-26,32-33H,4-7,9-12,17-18,21H2,(H2,40,48)(H,41,45)(H,42,44)(H,43,49). The number of amides is 2. The van der Waals surface area contributed by atoms with E-state index in [0.29, 0.717) is 58.8 Å². The van der Waals surface area contributed by atoms with Crippen LogP contribution >= 0.6 is 0 Å². The molecule has 252 valence electrons. The highest BCUT2D eigenvalue weighted by Crippen LogP contribution is 2.38. The lowest BCUT2D eigenvalue weighted by atomic mass is 9.96. The normalized spacial score (nSPS) is 16.0.